The Morgan fingerprint density at radius 1 is 1.14 bits per heavy atom. The number of carbonyl (C=O) groups is 1. The first-order valence-corrected chi connectivity index (χ1v) is 8.24. The van der Waals surface area contributed by atoms with Gasteiger partial charge in [-0.15, -0.1) is 11.8 Å². The summed E-state index contributed by atoms with van der Waals surface area (Å²) in [6.45, 7) is 2.43. The predicted molar refractivity (Wildman–Crippen MR) is 91.2 cm³/mol. The van der Waals surface area contributed by atoms with Gasteiger partial charge in [0.2, 0.25) is 0 Å². The molecule has 22 heavy (non-hydrogen) atoms. The van der Waals surface area contributed by atoms with Crippen molar-refractivity contribution < 1.29 is 9.53 Å². The summed E-state index contributed by atoms with van der Waals surface area (Å²) in [4.78, 5) is 13.3. The Labute approximate surface area is 136 Å². The summed E-state index contributed by atoms with van der Waals surface area (Å²) in [6, 6.07) is 18.1. The molecule has 0 heterocycles. The van der Waals surface area contributed by atoms with Crippen LogP contribution in [0.2, 0.25) is 0 Å². The summed E-state index contributed by atoms with van der Waals surface area (Å²) in [5.41, 5.74) is 1.88. The molecule has 2 aromatic rings. The van der Waals surface area contributed by atoms with Gasteiger partial charge >= 0.3 is 0 Å². The molecule has 116 valence electrons. The van der Waals surface area contributed by atoms with E-state index in [0.717, 1.165) is 5.75 Å². The van der Waals surface area contributed by atoms with Crippen LogP contribution in [0.4, 0.5) is 0 Å². The lowest BCUT2D eigenvalue weighted by Crippen LogP contribution is -2.35. The molecule has 0 fully saturated rings. The third-order valence-electron chi connectivity index (χ3n) is 3.16. The maximum absolute atomic E-state index is 12.0. The summed E-state index contributed by atoms with van der Waals surface area (Å²) in [6.07, 6.45) is 0. The monoisotopic (exact) mass is 315 g/mol. The van der Waals surface area contributed by atoms with E-state index in [1.165, 1.54) is 10.5 Å². The number of carbonyl (C=O) groups excluding carboxylic acids is 1. The molecule has 4 heteroatoms. The van der Waals surface area contributed by atoms with E-state index >= 15 is 0 Å². The average molecular weight is 315 g/mol. The smallest absolute Gasteiger partial charge is 0.251 e. The first-order chi connectivity index (χ1) is 10.7. The zero-order valence-electron chi connectivity index (χ0n) is 12.9. The highest BCUT2D eigenvalue weighted by Gasteiger charge is 2.09. The molecule has 0 aliphatic heterocycles. The minimum Gasteiger partial charge on any atom is -0.383 e. The van der Waals surface area contributed by atoms with Crippen LogP contribution in [0.1, 0.15) is 22.8 Å². The molecule has 0 aliphatic rings. The SMILES string of the molecule is COCC(C)NC(=O)c1ccc(CSc2ccccc2)cc1. The molecule has 0 bridgehead atoms. The summed E-state index contributed by atoms with van der Waals surface area (Å²) < 4.78 is 5.02. The lowest BCUT2D eigenvalue weighted by atomic mass is 10.1. The van der Waals surface area contributed by atoms with Crippen molar-refractivity contribution in [2.75, 3.05) is 13.7 Å². The normalized spacial score (nSPS) is 11.9. The minimum atomic E-state index is -0.0631. The van der Waals surface area contributed by atoms with Crippen LogP contribution in [-0.4, -0.2) is 25.7 Å². The van der Waals surface area contributed by atoms with E-state index in [9.17, 15) is 4.79 Å². The van der Waals surface area contributed by atoms with Crippen LogP contribution in [0.25, 0.3) is 0 Å². The molecule has 1 atom stereocenters. The van der Waals surface area contributed by atoms with Crippen LogP contribution < -0.4 is 5.32 Å². The van der Waals surface area contributed by atoms with Crippen LogP contribution in [0.3, 0.4) is 0 Å². The molecule has 1 N–H and O–H groups in total. The summed E-state index contributed by atoms with van der Waals surface area (Å²) in [5.74, 6) is 0.832. The van der Waals surface area contributed by atoms with Gasteiger partial charge in [0.25, 0.3) is 5.91 Å². The summed E-state index contributed by atoms with van der Waals surface area (Å²) in [7, 11) is 1.63. The van der Waals surface area contributed by atoms with Gasteiger partial charge in [-0.3, -0.25) is 4.79 Å². The average Bonchev–Trinajstić information content (AvgIpc) is 2.54. The maximum Gasteiger partial charge on any atom is 0.251 e. The van der Waals surface area contributed by atoms with Gasteiger partial charge in [0.1, 0.15) is 0 Å². The molecule has 2 rings (SSSR count). The Hall–Kier alpha value is -1.78. The van der Waals surface area contributed by atoms with Crippen LogP contribution in [0.5, 0.6) is 0 Å². The third-order valence-corrected chi connectivity index (χ3v) is 4.24. The second-order valence-electron chi connectivity index (χ2n) is 5.13. The van der Waals surface area contributed by atoms with Crippen LogP contribution in [0, 0.1) is 0 Å². The molecule has 0 spiro atoms. The fourth-order valence-corrected chi connectivity index (χ4v) is 2.91. The molecular formula is C18H21NO2S. The fourth-order valence-electron chi connectivity index (χ4n) is 2.03. The second kappa shape index (κ2) is 8.61. The molecule has 2 aromatic carbocycles. The quantitative estimate of drug-likeness (QED) is 0.791. The Balaban J connectivity index is 1.88. The van der Waals surface area contributed by atoms with Crippen molar-refractivity contribution in [3.8, 4) is 0 Å². The van der Waals surface area contributed by atoms with Crippen molar-refractivity contribution in [3.63, 3.8) is 0 Å². The summed E-state index contributed by atoms with van der Waals surface area (Å²) >= 11 is 1.79. The number of ether oxygens (including phenoxy) is 1. The molecule has 0 saturated carbocycles. The van der Waals surface area contributed by atoms with E-state index in [1.54, 1.807) is 18.9 Å². The Kier molecular flexibility index (Phi) is 6.49. The molecule has 0 aromatic heterocycles. The van der Waals surface area contributed by atoms with Gasteiger partial charge in [0.05, 0.1) is 6.61 Å². The van der Waals surface area contributed by atoms with E-state index < -0.39 is 0 Å². The largest absolute Gasteiger partial charge is 0.383 e. The maximum atomic E-state index is 12.0. The molecule has 3 nitrogen and oxygen atoms in total. The zero-order valence-corrected chi connectivity index (χ0v) is 13.7. The number of nitrogens with one attached hydrogen (secondary N) is 1. The predicted octanol–water partition coefficient (Wildman–Crippen LogP) is 3.74. The Bertz CT molecular complexity index is 584. The number of hydrogen-bond donors (Lipinski definition) is 1. The van der Waals surface area contributed by atoms with Crippen molar-refractivity contribution in [1.82, 2.24) is 5.32 Å². The summed E-state index contributed by atoms with van der Waals surface area (Å²) in [5, 5.41) is 2.91. The van der Waals surface area contributed by atoms with Crippen molar-refractivity contribution >= 4 is 17.7 Å². The van der Waals surface area contributed by atoms with E-state index in [4.69, 9.17) is 4.74 Å². The van der Waals surface area contributed by atoms with Crippen molar-refractivity contribution in [1.29, 1.82) is 0 Å². The van der Waals surface area contributed by atoms with Gasteiger partial charge in [0.15, 0.2) is 0 Å². The van der Waals surface area contributed by atoms with Gasteiger partial charge in [0, 0.05) is 29.4 Å². The van der Waals surface area contributed by atoms with Gasteiger partial charge < -0.3 is 10.1 Å². The van der Waals surface area contributed by atoms with Crippen LogP contribution >= 0.6 is 11.8 Å². The topological polar surface area (TPSA) is 38.3 Å². The number of rotatable bonds is 7. The number of hydrogen-bond acceptors (Lipinski definition) is 3. The van der Waals surface area contributed by atoms with Crippen LogP contribution in [0.15, 0.2) is 59.5 Å². The molecular weight excluding hydrogens is 294 g/mol. The molecule has 0 saturated heterocycles. The second-order valence-corrected chi connectivity index (χ2v) is 6.18. The first kappa shape index (κ1) is 16.6. The number of amides is 1. The van der Waals surface area contributed by atoms with Crippen molar-refractivity contribution in [2.24, 2.45) is 0 Å². The van der Waals surface area contributed by atoms with E-state index in [2.05, 4.69) is 17.4 Å². The molecule has 1 amide bonds. The molecule has 1 unspecified atom stereocenters. The lowest BCUT2D eigenvalue weighted by molar-refractivity contribution is 0.0905. The Morgan fingerprint density at radius 3 is 2.45 bits per heavy atom. The van der Waals surface area contributed by atoms with Gasteiger partial charge in [-0.25, -0.2) is 0 Å². The fraction of sp³-hybridized carbons (Fsp3) is 0.278. The third kappa shape index (κ3) is 5.20. The van der Waals surface area contributed by atoms with Crippen molar-refractivity contribution in [3.05, 3.63) is 65.7 Å². The highest BCUT2D eigenvalue weighted by Crippen LogP contribution is 2.22. The van der Waals surface area contributed by atoms with Gasteiger partial charge in [-0.1, -0.05) is 30.3 Å². The highest BCUT2D eigenvalue weighted by atomic mass is 32.2. The van der Waals surface area contributed by atoms with E-state index in [-0.39, 0.29) is 11.9 Å². The van der Waals surface area contributed by atoms with Crippen LogP contribution in [-0.2, 0) is 10.5 Å². The number of thioether (sulfide) groups is 1. The minimum absolute atomic E-state index is 0.00538. The van der Waals surface area contributed by atoms with Gasteiger partial charge in [-0.05, 0) is 36.8 Å². The molecule has 0 radical (unpaired) electrons. The molecule has 0 aliphatic carbocycles. The lowest BCUT2D eigenvalue weighted by Gasteiger charge is -2.12. The number of benzene rings is 2. The van der Waals surface area contributed by atoms with E-state index in [0.29, 0.717) is 12.2 Å². The Morgan fingerprint density at radius 2 is 1.82 bits per heavy atom. The standard InChI is InChI=1S/C18H21NO2S/c1-14(12-21-2)19-18(20)16-10-8-15(9-11-16)13-22-17-6-4-3-5-7-17/h3-11,14H,12-13H2,1-2H3,(H,19,20). The first-order valence-electron chi connectivity index (χ1n) is 7.25. The highest BCUT2D eigenvalue weighted by molar-refractivity contribution is 7.98. The van der Waals surface area contributed by atoms with Crippen molar-refractivity contribution in [2.45, 2.75) is 23.6 Å². The zero-order chi connectivity index (χ0) is 15.8. The number of methoxy groups -OCH3 is 1. The van der Waals surface area contributed by atoms with Gasteiger partial charge in [-0.2, -0.15) is 0 Å². The van der Waals surface area contributed by atoms with E-state index in [1.807, 2.05) is 49.4 Å².